The summed E-state index contributed by atoms with van der Waals surface area (Å²) in [5.74, 6) is 0.935. The number of rotatable bonds is 8. The van der Waals surface area contributed by atoms with Crippen LogP contribution in [0.3, 0.4) is 0 Å². The Morgan fingerprint density at radius 1 is 0.949 bits per heavy atom. The first-order valence-corrected chi connectivity index (χ1v) is 12.3. The van der Waals surface area contributed by atoms with Crippen LogP contribution >= 0.6 is 0 Å². The lowest BCUT2D eigenvalue weighted by molar-refractivity contribution is -0.384. The monoisotopic (exact) mass is 534 g/mol. The number of nitrogens with zero attached hydrogens (tertiary/aromatic N) is 7. The van der Waals surface area contributed by atoms with Gasteiger partial charge in [-0.1, -0.05) is 18.2 Å². The number of aromatic nitrogens is 3. The lowest BCUT2D eigenvalue weighted by Crippen LogP contribution is -2.40. The van der Waals surface area contributed by atoms with E-state index in [1.165, 1.54) is 30.5 Å². The van der Waals surface area contributed by atoms with E-state index in [0.29, 0.717) is 70.1 Å². The maximum atomic E-state index is 12.5. The number of nitro benzene ring substituents is 1. The lowest BCUT2D eigenvalue weighted by atomic mass is 10.2. The van der Waals surface area contributed by atoms with Gasteiger partial charge in [-0.3, -0.25) is 10.1 Å². The molecule has 3 aromatic rings. The van der Waals surface area contributed by atoms with Crippen LogP contribution in [0.5, 0.6) is 5.75 Å². The Kier molecular flexibility index (Phi) is 8.14. The molecule has 1 N–H and O–H groups in total. The van der Waals surface area contributed by atoms with Crippen molar-refractivity contribution in [2.75, 3.05) is 67.8 Å². The second-order valence-corrected chi connectivity index (χ2v) is 8.60. The van der Waals surface area contributed by atoms with Crippen molar-refractivity contribution in [2.24, 2.45) is 5.10 Å². The van der Waals surface area contributed by atoms with Crippen molar-refractivity contribution in [1.29, 1.82) is 0 Å². The minimum Gasteiger partial charge on any atom is -0.423 e. The first-order chi connectivity index (χ1) is 19.0. The van der Waals surface area contributed by atoms with Crippen LogP contribution < -0.4 is 20.0 Å². The van der Waals surface area contributed by atoms with Gasteiger partial charge in [0.1, 0.15) is 5.75 Å². The number of carbonyl (C=O) groups excluding carboxylic acids is 1. The third-order valence-corrected chi connectivity index (χ3v) is 5.94. The Balaban J connectivity index is 1.28. The molecule has 2 fully saturated rings. The number of hydrogen-bond donors (Lipinski definition) is 1. The van der Waals surface area contributed by atoms with Gasteiger partial charge < -0.3 is 24.0 Å². The summed E-state index contributed by atoms with van der Waals surface area (Å²) in [6.07, 6.45) is 1.54. The van der Waals surface area contributed by atoms with Gasteiger partial charge in [-0.25, -0.2) is 10.2 Å². The van der Waals surface area contributed by atoms with Crippen LogP contribution in [-0.4, -0.2) is 84.7 Å². The predicted octanol–water partition coefficient (Wildman–Crippen LogP) is 2.12. The van der Waals surface area contributed by atoms with E-state index < -0.39 is 10.9 Å². The lowest BCUT2D eigenvalue weighted by Gasteiger charge is -2.30. The summed E-state index contributed by atoms with van der Waals surface area (Å²) in [5.41, 5.74) is 3.40. The molecule has 2 aliphatic heterocycles. The topological polar surface area (TPSA) is 157 Å². The number of hydrazone groups is 1. The highest BCUT2D eigenvalue weighted by Crippen LogP contribution is 2.20. The average molecular weight is 535 g/mol. The number of benzene rings is 2. The van der Waals surface area contributed by atoms with Crippen molar-refractivity contribution >= 4 is 35.7 Å². The zero-order chi connectivity index (χ0) is 27.0. The highest BCUT2D eigenvalue weighted by molar-refractivity contribution is 5.92. The molecule has 2 saturated heterocycles. The van der Waals surface area contributed by atoms with Crippen molar-refractivity contribution in [3.8, 4) is 5.75 Å². The van der Waals surface area contributed by atoms with Crippen LogP contribution in [0.2, 0.25) is 0 Å². The number of carbonyl (C=O) groups is 1. The molecule has 0 spiro atoms. The van der Waals surface area contributed by atoms with Gasteiger partial charge >= 0.3 is 5.97 Å². The first-order valence-electron chi connectivity index (χ1n) is 12.3. The molecule has 39 heavy (non-hydrogen) atoms. The third kappa shape index (κ3) is 6.80. The Bertz CT molecular complexity index is 1320. The number of ether oxygens (including phenoxy) is 3. The standard InChI is InChI=1S/C25H26N8O6/c34-22(19-4-2-5-20(16-19)33(35)36)39-21-6-1-3-18(15-21)17-26-30-23-27-24(31-7-11-37-12-8-31)29-25(28-23)32-9-13-38-14-10-32/h1-6,15-17H,7-14H2,(H,27,28,29,30)/b26-17-. The second-order valence-electron chi connectivity index (χ2n) is 8.60. The molecule has 0 amide bonds. The van der Waals surface area contributed by atoms with E-state index in [1.54, 1.807) is 24.3 Å². The Hall–Kier alpha value is -4.69. The molecule has 0 radical (unpaired) electrons. The van der Waals surface area contributed by atoms with E-state index in [4.69, 9.17) is 14.2 Å². The quantitative estimate of drug-likeness (QED) is 0.148. The molecule has 14 heteroatoms. The maximum absolute atomic E-state index is 12.5. The number of non-ortho nitro benzene ring substituents is 1. The van der Waals surface area contributed by atoms with Crippen molar-refractivity contribution in [2.45, 2.75) is 0 Å². The Morgan fingerprint density at radius 3 is 2.23 bits per heavy atom. The van der Waals surface area contributed by atoms with E-state index in [2.05, 4.69) is 25.5 Å². The number of morpholine rings is 2. The molecule has 0 saturated carbocycles. The fourth-order valence-electron chi connectivity index (χ4n) is 3.95. The normalized spacial score (nSPS) is 15.8. The smallest absolute Gasteiger partial charge is 0.343 e. The molecule has 0 atom stereocenters. The van der Waals surface area contributed by atoms with E-state index in [0.717, 1.165) is 0 Å². The van der Waals surface area contributed by atoms with Crippen LogP contribution in [0.15, 0.2) is 53.6 Å². The van der Waals surface area contributed by atoms with Gasteiger partial charge in [-0.05, 0) is 23.8 Å². The number of anilines is 3. The number of nitro groups is 1. The van der Waals surface area contributed by atoms with Crippen molar-refractivity contribution in [1.82, 2.24) is 15.0 Å². The van der Waals surface area contributed by atoms with E-state index in [1.807, 2.05) is 9.80 Å². The molecular weight excluding hydrogens is 508 g/mol. The van der Waals surface area contributed by atoms with Gasteiger partial charge in [0, 0.05) is 38.3 Å². The first kappa shape index (κ1) is 25.9. The van der Waals surface area contributed by atoms with Crippen LogP contribution in [-0.2, 0) is 9.47 Å². The zero-order valence-electron chi connectivity index (χ0n) is 20.9. The molecule has 2 aliphatic rings. The van der Waals surface area contributed by atoms with Gasteiger partial charge in [0.05, 0.1) is 43.1 Å². The van der Waals surface area contributed by atoms with Gasteiger partial charge in [-0.2, -0.15) is 20.1 Å². The van der Waals surface area contributed by atoms with E-state index in [-0.39, 0.29) is 22.9 Å². The summed E-state index contributed by atoms with van der Waals surface area (Å²) in [7, 11) is 0. The molecule has 5 rings (SSSR count). The molecule has 0 bridgehead atoms. The van der Waals surface area contributed by atoms with Gasteiger partial charge in [0.2, 0.25) is 17.8 Å². The summed E-state index contributed by atoms with van der Waals surface area (Å²) in [6.45, 7) is 5.11. The summed E-state index contributed by atoms with van der Waals surface area (Å²) in [4.78, 5) is 40.7. The van der Waals surface area contributed by atoms with Gasteiger partial charge in [-0.15, -0.1) is 0 Å². The maximum Gasteiger partial charge on any atom is 0.343 e. The fraction of sp³-hybridized carbons (Fsp3) is 0.320. The number of nitrogens with one attached hydrogen (secondary N) is 1. The summed E-state index contributed by atoms with van der Waals surface area (Å²) in [6, 6.07) is 12.1. The predicted molar refractivity (Wildman–Crippen MR) is 142 cm³/mol. The highest BCUT2D eigenvalue weighted by Gasteiger charge is 2.20. The molecule has 0 aliphatic carbocycles. The van der Waals surface area contributed by atoms with Crippen molar-refractivity contribution in [3.05, 3.63) is 69.8 Å². The molecule has 0 unspecified atom stereocenters. The zero-order valence-corrected chi connectivity index (χ0v) is 20.9. The van der Waals surface area contributed by atoms with E-state index in [9.17, 15) is 14.9 Å². The molecular formula is C25H26N8O6. The van der Waals surface area contributed by atoms with Crippen LogP contribution in [0.4, 0.5) is 23.5 Å². The molecule has 3 heterocycles. The molecule has 1 aromatic heterocycles. The summed E-state index contributed by atoms with van der Waals surface area (Å²) < 4.78 is 16.3. The second kappa shape index (κ2) is 12.2. The summed E-state index contributed by atoms with van der Waals surface area (Å²) in [5, 5.41) is 15.2. The molecule has 14 nitrogen and oxygen atoms in total. The average Bonchev–Trinajstić information content (AvgIpc) is 2.98. The van der Waals surface area contributed by atoms with Crippen LogP contribution in [0.1, 0.15) is 15.9 Å². The van der Waals surface area contributed by atoms with Gasteiger partial charge in [0.25, 0.3) is 5.69 Å². The minimum absolute atomic E-state index is 0.0758. The third-order valence-electron chi connectivity index (χ3n) is 5.94. The number of hydrogen-bond acceptors (Lipinski definition) is 13. The number of esters is 1. The Labute approximate surface area is 223 Å². The van der Waals surface area contributed by atoms with Crippen molar-refractivity contribution in [3.63, 3.8) is 0 Å². The van der Waals surface area contributed by atoms with E-state index >= 15 is 0 Å². The van der Waals surface area contributed by atoms with Crippen LogP contribution in [0.25, 0.3) is 0 Å². The summed E-state index contributed by atoms with van der Waals surface area (Å²) >= 11 is 0. The van der Waals surface area contributed by atoms with Gasteiger partial charge in [0.15, 0.2) is 0 Å². The largest absolute Gasteiger partial charge is 0.423 e. The van der Waals surface area contributed by atoms with Crippen LogP contribution in [0, 0.1) is 10.1 Å². The Morgan fingerprint density at radius 2 is 1.59 bits per heavy atom. The SMILES string of the molecule is O=C(Oc1cccc(/C=N\Nc2nc(N3CCOCC3)nc(N3CCOCC3)n2)c1)c1cccc([N+](=O)[O-])c1. The fourth-order valence-corrected chi connectivity index (χ4v) is 3.95. The molecule has 202 valence electrons. The van der Waals surface area contributed by atoms with Crippen molar-refractivity contribution < 1.29 is 23.9 Å². The minimum atomic E-state index is -0.706. The highest BCUT2D eigenvalue weighted by atomic mass is 16.6. The molecule has 2 aromatic carbocycles.